The number of fused-ring (bicyclic) bond motifs is 2. The van der Waals surface area contributed by atoms with Crippen molar-refractivity contribution in [2.45, 2.75) is 34.1 Å². The van der Waals surface area contributed by atoms with Crippen LogP contribution in [0.5, 0.6) is 5.75 Å². The van der Waals surface area contributed by atoms with E-state index in [0.717, 1.165) is 16.2 Å². The maximum absolute atomic E-state index is 9.73. The van der Waals surface area contributed by atoms with Gasteiger partial charge in [-0.05, 0) is 34.4 Å². The molecule has 1 N–H and O–H groups in total. The van der Waals surface area contributed by atoms with Gasteiger partial charge in [0.25, 0.3) is 0 Å². The molecule has 0 aliphatic heterocycles. The Morgan fingerprint density at radius 3 is 1.85 bits per heavy atom. The zero-order valence-electron chi connectivity index (χ0n) is 12.9. The molecule has 0 saturated heterocycles. The minimum Gasteiger partial charge on any atom is -0.507 e. The minimum absolute atomic E-state index is 0.346. The monoisotopic (exact) mass is 268 g/mol. The minimum atomic E-state index is 0.346. The summed E-state index contributed by atoms with van der Waals surface area (Å²) in [5.74, 6) is 0.346. The summed E-state index contributed by atoms with van der Waals surface area (Å²) in [6.07, 6.45) is 1.25. The van der Waals surface area contributed by atoms with Gasteiger partial charge in [-0.15, -0.1) is 0 Å². The molecule has 1 heteroatoms. The van der Waals surface area contributed by atoms with Crippen LogP contribution in [0.1, 0.15) is 34.1 Å². The highest BCUT2D eigenvalue weighted by Gasteiger charge is 2.00. The normalized spacial score (nSPS) is 9.40. The van der Waals surface area contributed by atoms with E-state index in [9.17, 15) is 5.11 Å². The van der Waals surface area contributed by atoms with Gasteiger partial charge in [-0.2, -0.15) is 0 Å². The largest absolute Gasteiger partial charge is 0.507 e. The van der Waals surface area contributed by atoms with Crippen LogP contribution in [0.4, 0.5) is 0 Å². The number of benzene rings is 3. The zero-order chi connectivity index (χ0) is 15.0. The van der Waals surface area contributed by atoms with E-state index in [-0.39, 0.29) is 0 Å². The summed E-state index contributed by atoms with van der Waals surface area (Å²) in [5, 5.41) is 14.1. The van der Waals surface area contributed by atoms with Crippen LogP contribution in [-0.2, 0) is 0 Å². The van der Waals surface area contributed by atoms with Gasteiger partial charge in [0.15, 0.2) is 0 Å². The van der Waals surface area contributed by atoms with E-state index in [1.807, 2.05) is 44.2 Å². The average Bonchev–Trinajstić information content (AvgIpc) is 2.49. The Kier molecular flexibility index (Phi) is 6.58. The summed E-state index contributed by atoms with van der Waals surface area (Å²) < 4.78 is 0. The molecule has 0 fully saturated rings. The van der Waals surface area contributed by atoms with Crippen LogP contribution >= 0.6 is 0 Å². The van der Waals surface area contributed by atoms with Crippen molar-refractivity contribution in [1.29, 1.82) is 0 Å². The number of hydrogen-bond acceptors (Lipinski definition) is 1. The summed E-state index contributed by atoms with van der Waals surface area (Å²) >= 11 is 0. The third-order valence-electron chi connectivity index (χ3n) is 2.72. The maximum atomic E-state index is 9.73. The first-order valence-electron chi connectivity index (χ1n) is 7.36. The molecular formula is C19H24O. The van der Waals surface area contributed by atoms with Crippen molar-refractivity contribution in [3.8, 4) is 5.75 Å². The molecule has 1 nitrogen and oxygen atoms in total. The van der Waals surface area contributed by atoms with Gasteiger partial charge in [-0.3, -0.25) is 0 Å². The van der Waals surface area contributed by atoms with Crippen LogP contribution < -0.4 is 0 Å². The Hall–Kier alpha value is -2.02. The number of hydrogen-bond donors (Lipinski definition) is 1. The molecule has 0 aromatic heterocycles. The second kappa shape index (κ2) is 8.21. The lowest BCUT2D eigenvalue weighted by atomic mass is 10.0. The second-order valence-electron chi connectivity index (χ2n) is 4.40. The van der Waals surface area contributed by atoms with Crippen molar-refractivity contribution in [3.05, 3.63) is 54.6 Å². The fourth-order valence-corrected chi connectivity index (χ4v) is 1.95. The predicted molar refractivity (Wildman–Crippen MR) is 90.4 cm³/mol. The van der Waals surface area contributed by atoms with Crippen molar-refractivity contribution in [1.82, 2.24) is 0 Å². The van der Waals surface area contributed by atoms with Gasteiger partial charge in [0.05, 0.1) is 0 Å². The quantitative estimate of drug-likeness (QED) is 0.485. The standard InChI is InChI=1S/C14H10O.C3H8.C2H6/c15-14-7-3-6-12-8-10-4-1-2-5-11(10)9-13(12)14;1-3-2;1-2/h1-9,15H;3H2,1-2H3;1-2H3. The van der Waals surface area contributed by atoms with Crippen molar-refractivity contribution >= 4 is 21.5 Å². The molecule has 0 unspecified atom stereocenters. The van der Waals surface area contributed by atoms with Crippen molar-refractivity contribution < 1.29 is 5.11 Å². The van der Waals surface area contributed by atoms with Crippen molar-refractivity contribution in [2.24, 2.45) is 0 Å². The zero-order valence-corrected chi connectivity index (χ0v) is 12.9. The van der Waals surface area contributed by atoms with Crippen LogP contribution in [0.2, 0.25) is 0 Å². The average molecular weight is 268 g/mol. The van der Waals surface area contributed by atoms with Gasteiger partial charge in [-0.1, -0.05) is 70.5 Å². The maximum Gasteiger partial charge on any atom is 0.123 e. The Morgan fingerprint density at radius 1 is 0.750 bits per heavy atom. The summed E-state index contributed by atoms with van der Waals surface area (Å²) in [4.78, 5) is 0. The molecular weight excluding hydrogens is 244 g/mol. The lowest BCUT2D eigenvalue weighted by molar-refractivity contribution is 0.481. The molecule has 3 aromatic carbocycles. The van der Waals surface area contributed by atoms with E-state index in [1.165, 1.54) is 11.8 Å². The molecule has 0 spiro atoms. The van der Waals surface area contributed by atoms with Crippen molar-refractivity contribution in [2.75, 3.05) is 0 Å². The third kappa shape index (κ3) is 3.74. The molecule has 0 amide bonds. The second-order valence-corrected chi connectivity index (χ2v) is 4.40. The molecule has 0 atom stereocenters. The van der Waals surface area contributed by atoms with E-state index in [2.05, 4.69) is 32.0 Å². The summed E-state index contributed by atoms with van der Waals surface area (Å²) in [6, 6.07) is 17.9. The van der Waals surface area contributed by atoms with E-state index in [0.29, 0.717) is 5.75 Å². The smallest absolute Gasteiger partial charge is 0.123 e. The van der Waals surface area contributed by atoms with Gasteiger partial charge in [0.2, 0.25) is 0 Å². The molecule has 3 aromatic rings. The highest BCUT2D eigenvalue weighted by atomic mass is 16.3. The van der Waals surface area contributed by atoms with E-state index in [4.69, 9.17) is 0 Å². The van der Waals surface area contributed by atoms with Gasteiger partial charge in [-0.25, -0.2) is 0 Å². The molecule has 20 heavy (non-hydrogen) atoms. The third-order valence-corrected chi connectivity index (χ3v) is 2.72. The van der Waals surface area contributed by atoms with Crippen LogP contribution in [0.25, 0.3) is 21.5 Å². The van der Waals surface area contributed by atoms with Crippen molar-refractivity contribution in [3.63, 3.8) is 0 Å². The highest BCUT2D eigenvalue weighted by Crippen LogP contribution is 2.28. The number of phenolic OH excluding ortho intramolecular Hbond substituents is 1. The summed E-state index contributed by atoms with van der Waals surface area (Å²) in [7, 11) is 0. The van der Waals surface area contributed by atoms with Crippen LogP contribution in [0.15, 0.2) is 54.6 Å². The van der Waals surface area contributed by atoms with Crippen LogP contribution in [0, 0.1) is 0 Å². The Labute approximate surface area is 121 Å². The predicted octanol–water partition coefficient (Wildman–Crippen LogP) is 6.14. The lowest BCUT2D eigenvalue weighted by Gasteiger charge is -2.03. The number of rotatable bonds is 0. The summed E-state index contributed by atoms with van der Waals surface area (Å²) in [6.45, 7) is 8.25. The van der Waals surface area contributed by atoms with Crippen LogP contribution in [0.3, 0.4) is 0 Å². The first kappa shape index (κ1) is 16.0. The Morgan fingerprint density at radius 2 is 1.25 bits per heavy atom. The first-order chi connectivity index (χ1) is 9.76. The van der Waals surface area contributed by atoms with Gasteiger partial charge in [0, 0.05) is 5.39 Å². The first-order valence-corrected chi connectivity index (χ1v) is 7.36. The van der Waals surface area contributed by atoms with E-state index in [1.54, 1.807) is 6.07 Å². The van der Waals surface area contributed by atoms with E-state index >= 15 is 0 Å². The SMILES string of the molecule is CC.CCC.Oc1cccc2cc3ccccc3cc12. The molecule has 106 valence electrons. The van der Waals surface area contributed by atoms with Gasteiger partial charge in [0.1, 0.15) is 5.75 Å². The molecule has 0 aliphatic carbocycles. The van der Waals surface area contributed by atoms with Crippen LogP contribution in [-0.4, -0.2) is 5.11 Å². The molecule has 3 rings (SSSR count). The fourth-order valence-electron chi connectivity index (χ4n) is 1.95. The molecule has 0 heterocycles. The Balaban J connectivity index is 0.000000357. The van der Waals surface area contributed by atoms with Gasteiger partial charge >= 0.3 is 0 Å². The lowest BCUT2D eigenvalue weighted by Crippen LogP contribution is -1.76. The molecule has 0 bridgehead atoms. The molecule has 0 aliphatic rings. The number of phenols is 1. The molecule has 0 saturated carbocycles. The topological polar surface area (TPSA) is 20.2 Å². The van der Waals surface area contributed by atoms with E-state index < -0.39 is 0 Å². The number of aromatic hydroxyl groups is 1. The molecule has 0 radical (unpaired) electrons. The van der Waals surface area contributed by atoms with Gasteiger partial charge < -0.3 is 5.11 Å². The summed E-state index contributed by atoms with van der Waals surface area (Å²) in [5.41, 5.74) is 0. The highest BCUT2D eigenvalue weighted by molar-refractivity contribution is 6.00. The Bertz CT molecular complexity index is 656. The fraction of sp³-hybridized carbons (Fsp3) is 0.263.